The first-order valence-corrected chi connectivity index (χ1v) is 6.52. The van der Waals surface area contributed by atoms with Crippen molar-refractivity contribution in [1.82, 2.24) is 0 Å². The summed E-state index contributed by atoms with van der Waals surface area (Å²) in [5, 5.41) is 9.67. The monoisotopic (exact) mass is 263 g/mol. The first-order chi connectivity index (χ1) is 7.39. The van der Waals surface area contributed by atoms with Crippen molar-refractivity contribution in [2.75, 3.05) is 5.88 Å². The summed E-state index contributed by atoms with van der Waals surface area (Å²) < 4.78 is 23.6. The molecule has 0 saturated carbocycles. The van der Waals surface area contributed by atoms with Crippen LogP contribution < -0.4 is 0 Å². The van der Waals surface area contributed by atoms with Crippen LogP contribution >= 0.6 is 11.6 Å². The van der Waals surface area contributed by atoms with Gasteiger partial charge in [0.1, 0.15) is 0 Å². The van der Waals surface area contributed by atoms with Crippen LogP contribution in [-0.2, 0) is 9.84 Å². The molecule has 0 bridgehead atoms. The zero-order valence-electron chi connectivity index (χ0n) is 8.46. The van der Waals surface area contributed by atoms with Gasteiger partial charge in [-0.25, -0.2) is 8.42 Å². The standard InChI is InChI=1S/C9H10ClNO4S/c1-7(6-10)16(14,15)9-4-2-8(3-5-9)11(12)13/h2-5,7H,6H2,1H3. The molecule has 5 nitrogen and oxygen atoms in total. The van der Waals surface area contributed by atoms with Gasteiger partial charge in [-0.15, -0.1) is 11.6 Å². The van der Waals surface area contributed by atoms with E-state index in [-0.39, 0.29) is 16.5 Å². The minimum atomic E-state index is -3.49. The molecule has 1 unspecified atom stereocenters. The average molecular weight is 264 g/mol. The molecule has 0 aliphatic carbocycles. The quantitative estimate of drug-likeness (QED) is 0.473. The predicted molar refractivity (Wildman–Crippen MR) is 60.5 cm³/mol. The molecule has 0 fully saturated rings. The summed E-state index contributed by atoms with van der Waals surface area (Å²) in [6.07, 6.45) is 0. The molecule has 0 heterocycles. The molecule has 1 aromatic rings. The third-order valence-corrected chi connectivity index (χ3v) is 4.92. The lowest BCUT2D eigenvalue weighted by Crippen LogP contribution is -2.19. The number of benzene rings is 1. The SMILES string of the molecule is CC(CCl)S(=O)(=O)c1ccc([N+](=O)[O-])cc1. The molecule has 0 spiro atoms. The van der Waals surface area contributed by atoms with Gasteiger partial charge in [0, 0.05) is 18.0 Å². The highest BCUT2D eigenvalue weighted by atomic mass is 35.5. The second-order valence-electron chi connectivity index (χ2n) is 3.26. The maximum atomic E-state index is 11.8. The Morgan fingerprint density at radius 3 is 2.25 bits per heavy atom. The number of halogens is 1. The Morgan fingerprint density at radius 2 is 1.88 bits per heavy atom. The fourth-order valence-corrected chi connectivity index (χ4v) is 2.72. The Kier molecular flexibility index (Phi) is 3.88. The van der Waals surface area contributed by atoms with Crippen LogP contribution in [0, 0.1) is 10.1 Å². The Labute approximate surface area is 98.1 Å². The summed E-state index contributed by atoms with van der Waals surface area (Å²) >= 11 is 5.48. The normalized spacial score (nSPS) is 13.4. The Hall–Kier alpha value is -1.14. The number of hydrogen-bond acceptors (Lipinski definition) is 4. The number of alkyl halides is 1. The van der Waals surface area contributed by atoms with Crippen LogP contribution in [0.15, 0.2) is 29.2 Å². The number of nitrogens with zero attached hydrogens (tertiary/aromatic N) is 1. The van der Waals surface area contributed by atoms with E-state index in [4.69, 9.17) is 11.6 Å². The van der Waals surface area contributed by atoms with Gasteiger partial charge in [-0.3, -0.25) is 10.1 Å². The maximum absolute atomic E-state index is 11.8. The molecule has 1 rings (SSSR count). The van der Waals surface area contributed by atoms with Gasteiger partial charge in [-0.05, 0) is 19.1 Å². The molecule has 0 aliphatic rings. The molecule has 16 heavy (non-hydrogen) atoms. The number of non-ortho nitro benzene ring substituents is 1. The zero-order valence-corrected chi connectivity index (χ0v) is 10.0. The number of sulfone groups is 1. The van der Waals surface area contributed by atoms with Gasteiger partial charge >= 0.3 is 0 Å². The van der Waals surface area contributed by atoms with Crippen molar-refractivity contribution in [1.29, 1.82) is 0 Å². The fourth-order valence-electron chi connectivity index (χ4n) is 1.07. The maximum Gasteiger partial charge on any atom is 0.269 e. The highest BCUT2D eigenvalue weighted by Crippen LogP contribution is 2.20. The van der Waals surface area contributed by atoms with E-state index in [1.54, 1.807) is 0 Å². The van der Waals surface area contributed by atoms with Gasteiger partial charge in [-0.2, -0.15) is 0 Å². The number of nitro groups is 1. The van der Waals surface area contributed by atoms with Crippen LogP contribution in [0.4, 0.5) is 5.69 Å². The minimum absolute atomic E-state index is 0.0146. The third-order valence-electron chi connectivity index (χ3n) is 2.12. The number of rotatable bonds is 4. The van der Waals surface area contributed by atoms with Crippen LogP contribution in [0.5, 0.6) is 0 Å². The van der Waals surface area contributed by atoms with Crippen molar-refractivity contribution in [3.8, 4) is 0 Å². The Balaban J connectivity index is 3.12. The summed E-state index contributed by atoms with van der Waals surface area (Å²) in [7, 11) is -3.49. The van der Waals surface area contributed by atoms with Gasteiger partial charge in [0.2, 0.25) is 0 Å². The van der Waals surface area contributed by atoms with Crippen LogP contribution in [0.3, 0.4) is 0 Å². The van der Waals surface area contributed by atoms with Crippen molar-refractivity contribution < 1.29 is 13.3 Å². The van der Waals surface area contributed by atoms with Crippen LogP contribution in [0.25, 0.3) is 0 Å². The van der Waals surface area contributed by atoms with E-state index in [0.717, 1.165) is 12.1 Å². The third kappa shape index (κ3) is 2.51. The van der Waals surface area contributed by atoms with Gasteiger partial charge in [-0.1, -0.05) is 0 Å². The van der Waals surface area contributed by atoms with Crippen molar-refractivity contribution in [2.45, 2.75) is 17.1 Å². The lowest BCUT2D eigenvalue weighted by molar-refractivity contribution is -0.384. The zero-order chi connectivity index (χ0) is 12.3. The van der Waals surface area contributed by atoms with E-state index < -0.39 is 20.0 Å². The molecular formula is C9H10ClNO4S. The smallest absolute Gasteiger partial charge is 0.258 e. The fraction of sp³-hybridized carbons (Fsp3) is 0.333. The van der Waals surface area contributed by atoms with Gasteiger partial charge in [0.15, 0.2) is 9.84 Å². The molecule has 0 aromatic heterocycles. The van der Waals surface area contributed by atoms with E-state index in [2.05, 4.69) is 0 Å². The number of hydrogen-bond donors (Lipinski definition) is 0. The molecule has 88 valence electrons. The number of nitro benzene ring substituents is 1. The predicted octanol–water partition coefficient (Wildman–Crippen LogP) is 2.00. The highest BCUT2D eigenvalue weighted by molar-refractivity contribution is 7.92. The molecule has 0 amide bonds. The summed E-state index contributed by atoms with van der Waals surface area (Å²) in [6.45, 7) is 1.49. The van der Waals surface area contributed by atoms with Crippen molar-refractivity contribution >= 4 is 27.1 Å². The van der Waals surface area contributed by atoms with Crippen molar-refractivity contribution in [3.63, 3.8) is 0 Å². The van der Waals surface area contributed by atoms with E-state index in [1.165, 1.54) is 19.1 Å². The summed E-state index contributed by atoms with van der Waals surface area (Å²) in [6, 6.07) is 4.76. The molecular weight excluding hydrogens is 254 g/mol. The average Bonchev–Trinajstić information content (AvgIpc) is 2.28. The topological polar surface area (TPSA) is 77.3 Å². The Bertz CT molecular complexity index is 483. The first kappa shape index (κ1) is 12.9. The minimum Gasteiger partial charge on any atom is -0.258 e. The van der Waals surface area contributed by atoms with E-state index in [1.807, 2.05) is 0 Å². The highest BCUT2D eigenvalue weighted by Gasteiger charge is 2.22. The van der Waals surface area contributed by atoms with Crippen molar-refractivity contribution in [3.05, 3.63) is 34.4 Å². The van der Waals surface area contributed by atoms with Gasteiger partial charge in [0.05, 0.1) is 15.1 Å². The van der Waals surface area contributed by atoms with Crippen LogP contribution in [0.1, 0.15) is 6.92 Å². The van der Waals surface area contributed by atoms with Gasteiger partial charge < -0.3 is 0 Å². The molecule has 0 N–H and O–H groups in total. The molecule has 0 aliphatic heterocycles. The summed E-state index contributed by atoms with van der Waals surface area (Å²) in [4.78, 5) is 9.85. The van der Waals surface area contributed by atoms with Crippen molar-refractivity contribution in [2.24, 2.45) is 0 Å². The lowest BCUT2D eigenvalue weighted by Gasteiger charge is -2.08. The molecule has 7 heteroatoms. The second-order valence-corrected chi connectivity index (χ2v) is 5.94. The molecule has 1 atom stereocenters. The van der Waals surface area contributed by atoms with Crippen LogP contribution in [-0.4, -0.2) is 24.5 Å². The largest absolute Gasteiger partial charge is 0.269 e. The van der Waals surface area contributed by atoms with Gasteiger partial charge in [0.25, 0.3) is 5.69 Å². The Morgan fingerprint density at radius 1 is 1.38 bits per heavy atom. The van der Waals surface area contributed by atoms with E-state index >= 15 is 0 Å². The molecule has 0 radical (unpaired) electrons. The summed E-state index contributed by atoms with van der Waals surface area (Å²) in [5.41, 5.74) is -0.141. The van der Waals surface area contributed by atoms with E-state index in [9.17, 15) is 18.5 Å². The molecule has 1 aromatic carbocycles. The molecule has 0 saturated heterocycles. The van der Waals surface area contributed by atoms with Crippen LogP contribution in [0.2, 0.25) is 0 Å². The first-order valence-electron chi connectivity index (χ1n) is 4.44. The second kappa shape index (κ2) is 4.80. The van der Waals surface area contributed by atoms with E-state index in [0.29, 0.717) is 0 Å². The lowest BCUT2D eigenvalue weighted by atomic mass is 10.3. The summed E-state index contributed by atoms with van der Waals surface area (Å²) in [5.74, 6) is -0.0146.